The van der Waals surface area contributed by atoms with Crippen LogP contribution in [0.4, 0.5) is 5.69 Å². The minimum atomic E-state index is 0.0622. The number of anilines is 1. The maximum atomic E-state index is 12.2. The predicted octanol–water partition coefficient (Wildman–Crippen LogP) is 1.48. The molecule has 1 atom stereocenters. The van der Waals surface area contributed by atoms with Gasteiger partial charge in [0.25, 0.3) is 0 Å². The molecule has 5 nitrogen and oxygen atoms in total. The van der Waals surface area contributed by atoms with Crippen molar-refractivity contribution >= 4 is 11.6 Å². The standard InChI is InChI=1S/C15H24N4O/c1-2-19-11-4-3-7-14(19)15(20)18-10-9-17-13-6-5-8-16-12-13/h5-6,8,12,14,17H,2-4,7,9-11H2,1H3,(H,18,20)/t14-/m0/s1. The number of pyridine rings is 1. The van der Waals surface area contributed by atoms with Crippen molar-refractivity contribution in [1.82, 2.24) is 15.2 Å². The number of aromatic nitrogens is 1. The number of hydrogen-bond donors (Lipinski definition) is 2. The molecule has 0 radical (unpaired) electrons. The highest BCUT2D eigenvalue weighted by atomic mass is 16.2. The predicted molar refractivity (Wildman–Crippen MR) is 80.6 cm³/mol. The number of likely N-dealkylation sites (N-methyl/N-ethyl adjacent to an activating group) is 1. The fourth-order valence-electron chi connectivity index (χ4n) is 2.64. The smallest absolute Gasteiger partial charge is 0.237 e. The molecule has 1 fully saturated rings. The minimum Gasteiger partial charge on any atom is -0.382 e. The van der Waals surface area contributed by atoms with Gasteiger partial charge in [0.1, 0.15) is 0 Å². The van der Waals surface area contributed by atoms with Crippen molar-refractivity contribution in [3.8, 4) is 0 Å². The van der Waals surface area contributed by atoms with E-state index in [1.165, 1.54) is 6.42 Å². The van der Waals surface area contributed by atoms with Crippen LogP contribution in [0.5, 0.6) is 0 Å². The Kier molecular flexibility index (Phi) is 5.80. The molecule has 2 N–H and O–H groups in total. The number of rotatable bonds is 6. The second-order valence-corrected chi connectivity index (χ2v) is 5.10. The van der Waals surface area contributed by atoms with Gasteiger partial charge < -0.3 is 10.6 Å². The number of hydrogen-bond acceptors (Lipinski definition) is 4. The van der Waals surface area contributed by atoms with Crippen LogP contribution >= 0.6 is 0 Å². The van der Waals surface area contributed by atoms with Crippen LogP contribution in [0.25, 0.3) is 0 Å². The minimum absolute atomic E-state index is 0.0622. The fraction of sp³-hybridized carbons (Fsp3) is 0.600. The number of amides is 1. The maximum absolute atomic E-state index is 12.2. The van der Waals surface area contributed by atoms with Crippen molar-refractivity contribution in [2.24, 2.45) is 0 Å². The lowest BCUT2D eigenvalue weighted by Gasteiger charge is -2.33. The van der Waals surface area contributed by atoms with Crippen LogP contribution < -0.4 is 10.6 Å². The van der Waals surface area contributed by atoms with E-state index < -0.39 is 0 Å². The molecule has 0 saturated carbocycles. The second-order valence-electron chi connectivity index (χ2n) is 5.10. The van der Waals surface area contributed by atoms with E-state index in [0.29, 0.717) is 6.54 Å². The molecular weight excluding hydrogens is 252 g/mol. The number of piperidine rings is 1. The molecule has 1 aliphatic rings. The van der Waals surface area contributed by atoms with Gasteiger partial charge in [-0.1, -0.05) is 13.3 Å². The SMILES string of the molecule is CCN1CCCC[C@H]1C(=O)NCCNc1cccnc1. The van der Waals surface area contributed by atoms with E-state index in [9.17, 15) is 4.79 Å². The zero-order chi connectivity index (χ0) is 14.2. The summed E-state index contributed by atoms with van der Waals surface area (Å²) in [7, 11) is 0. The summed E-state index contributed by atoms with van der Waals surface area (Å²) >= 11 is 0. The van der Waals surface area contributed by atoms with Crippen LogP contribution in [0.2, 0.25) is 0 Å². The third-order valence-electron chi connectivity index (χ3n) is 3.74. The average molecular weight is 276 g/mol. The van der Waals surface area contributed by atoms with Crippen LogP contribution in [-0.2, 0) is 4.79 Å². The first-order chi connectivity index (χ1) is 9.81. The lowest BCUT2D eigenvalue weighted by molar-refractivity contribution is -0.127. The zero-order valence-electron chi connectivity index (χ0n) is 12.1. The third-order valence-corrected chi connectivity index (χ3v) is 3.74. The molecule has 0 bridgehead atoms. The molecule has 5 heteroatoms. The lowest BCUT2D eigenvalue weighted by Crippen LogP contribution is -2.50. The van der Waals surface area contributed by atoms with Crippen molar-refractivity contribution < 1.29 is 4.79 Å². The van der Waals surface area contributed by atoms with Crippen molar-refractivity contribution in [2.75, 3.05) is 31.5 Å². The summed E-state index contributed by atoms with van der Waals surface area (Å²) in [6, 6.07) is 3.92. The molecule has 1 saturated heterocycles. The Morgan fingerprint density at radius 2 is 2.35 bits per heavy atom. The van der Waals surface area contributed by atoms with Crippen LogP contribution in [0.3, 0.4) is 0 Å². The first-order valence-electron chi connectivity index (χ1n) is 7.47. The van der Waals surface area contributed by atoms with Crippen molar-refractivity contribution in [2.45, 2.75) is 32.2 Å². The average Bonchev–Trinajstić information content (AvgIpc) is 2.52. The van der Waals surface area contributed by atoms with Crippen LogP contribution in [0.1, 0.15) is 26.2 Å². The summed E-state index contributed by atoms with van der Waals surface area (Å²) in [6.45, 7) is 5.47. The summed E-state index contributed by atoms with van der Waals surface area (Å²) < 4.78 is 0. The van der Waals surface area contributed by atoms with Gasteiger partial charge in [0, 0.05) is 25.5 Å². The van der Waals surface area contributed by atoms with Gasteiger partial charge in [-0.15, -0.1) is 0 Å². The first-order valence-corrected chi connectivity index (χ1v) is 7.47. The molecule has 1 aliphatic heterocycles. The molecule has 1 amide bonds. The first kappa shape index (κ1) is 14.8. The maximum Gasteiger partial charge on any atom is 0.237 e. The molecule has 2 rings (SSSR count). The molecule has 1 aromatic heterocycles. The Morgan fingerprint density at radius 3 is 3.10 bits per heavy atom. The summed E-state index contributed by atoms with van der Waals surface area (Å²) in [5.41, 5.74) is 0.981. The molecule has 110 valence electrons. The molecule has 0 aliphatic carbocycles. The number of likely N-dealkylation sites (tertiary alicyclic amines) is 1. The van der Waals surface area contributed by atoms with E-state index in [1.54, 1.807) is 12.4 Å². The number of carbonyl (C=O) groups is 1. The zero-order valence-corrected chi connectivity index (χ0v) is 12.1. The quantitative estimate of drug-likeness (QED) is 0.773. The Bertz CT molecular complexity index is 410. The van der Waals surface area contributed by atoms with Crippen molar-refractivity contribution in [1.29, 1.82) is 0 Å². The summed E-state index contributed by atoms with van der Waals surface area (Å²) in [6.07, 6.45) is 6.87. The van der Waals surface area contributed by atoms with E-state index in [1.807, 2.05) is 12.1 Å². The van der Waals surface area contributed by atoms with E-state index in [4.69, 9.17) is 0 Å². The molecule has 0 aromatic carbocycles. The topological polar surface area (TPSA) is 57.3 Å². The fourth-order valence-corrected chi connectivity index (χ4v) is 2.64. The van der Waals surface area contributed by atoms with E-state index in [0.717, 1.165) is 38.2 Å². The highest BCUT2D eigenvalue weighted by Crippen LogP contribution is 2.16. The molecular formula is C15H24N4O. The van der Waals surface area contributed by atoms with Gasteiger partial charge in [0.05, 0.1) is 11.7 Å². The van der Waals surface area contributed by atoms with Crippen LogP contribution in [0.15, 0.2) is 24.5 Å². The second kappa shape index (κ2) is 7.85. The largest absolute Gasteiger partial charge is 0.382 e. The van der Waals surface area contributed by atoms with Crippen molar-refractivity contribution in [3.63, 3.8) is 0 Å². The molecule has 2 heterocycles. The molecule has 0 spiro atoms. The third kappa shape index (κ3) is 4.20. The van der Waals surface area contributed by atoms with Gasteiger partial charge >= 0.3 is 0 Å². The number of carbonyl (C=O) groups excluding carboxylic acids is 1. The summed E-state index contributed by atoms with van der Waals surface area (Å²) in [5, 5.41) is 6.26. The van der Waals surface area contributed by atoms with Gasteiger partial charge in [-0.05, 0) is 38.1 Å². The van der Waals surface area contributed by atoms with Gasteiger partial charge in [-0.25, -0.2) is 0 Å². The normalized spacial score (nSPS) is 19.6. The van der Waals surface area contributed by atoms with Gasteiger partial charge in [-0.2, -0.15) is 0 Å². The molecule has 1 aromatic rings. The van der Waals surface area contributed by atoms with Crippen LogP contribution in [0, 0.1) is 0 Å². The lowest BCUT2D eigenvalue weighted by atomic mass is 10.0. The van der Waals surface area contributed by atoms with Crippen molar-refractivity contribution in [3.05, 3.63) is 24.5 Å². The van der Waals surface area contributed by atoms with Crippen LogP contribution in [-0.4, -0.2) is 48.0 Å². The highest BCUT2D eigenvalue weighted by molar-refractivity contribution is 5.81. The van der Waals surface area contributed by atoms with Gasteiger partial charge in [0.15, 0.2) is 0 Å². The van der Waals surface area contributed by atoms with Gasteiger partial charge in [-0.3, -0.25) is 14.7 Å². The van der Waals surface area contributed by atoms with E-state index in [-0.39, 0.29) is 11.9 Å². The monoisotopic (exact) mass is 276 g/mol. The van der Waals surface area contributed by atoms with E-state index >= 15 is 0 Å². The Labute approximate surface area is 120 Å². The Hall–Kier alpha value is -1.62. The Balaban J connectivity index is 1.69. The van der Waals surface area contributed by atoms with E-state index in [2.05, 4.69) is 27.4 Å². The molecule has 0 unspecified atom stereocenters. The molecule has 20 heavy (non-hydrogen) atoms. The Morgan fingerprint density at radius 1 is 1.45 bits per heavy atom. The summed E-state index contributed by atoms with van der Waals surface area (Å²) in [5.74, 6) is 0.166. The summed E-state index contributed by atoms with van der Waals surface area (Å²) in [4.78, 5) is 18.5. The number of nitrogens with one attached hydrogen (secondary N) is 2. The highest BCUT2D eigenvalue weighted by Gasteiger charge is 2.26. The number of nitrogens with zero attached hydrogens (tertiary/aromatic N) is 2. The van der Waals surface area contributed by atoms with Gasteiger partial charge in [0.2, 0.25) is 5.91 Å².